The predicted molar refractivity (Wildman–Crippen MR) is 94.0 cm³/mol. The van der Waals surface area contributed by atoms with Crippen LogP contribution in [0.25, 0.3) is 0 Å². The summed E-state index contributed by atoms with van der Waals surface area (Å²) < 4.78 is 11.9. The molecule has 0 aliphatic carbocycles. The second-order valence-corrected chi connectivity index (χ2v) is 7.50. The fourth-order valence-corrected chi connectivity index (χ4v) is 3.80. The first-order valence-corrected chi connectivity index (χ1v) is 9.01. The zero-order valence-electron chi connectivity index (χ0n) is 14.4. The quantitative estimate of drug-likeness (QED) is 0.805. The molecule has 1 aliphatic rings. The van der Waals surface area contributed by atoms with Crippen LogP contribution in [0.15, 0.2) is 12.3 Å². The molecule has 128 valence electrons. The summed E-state index contributed by atoms with van der Waals surface area (Å²) in [4.78, 5) is 6.95. The summed E-state index contributed by atoms with van der Waals surface area (Å²) in [5, 5.41) is 10.1. The van der Waals surface area contributed by atoms with Gasteiger partial charge in [0.2, 0.25) is 5.13 Å². The van der Waals surface area contributed by atoms with Crippen LogP contribution >= 0.6 is 11.5 Å². The molecule has 7 heteroatoms. The van der Waals surface area contributed by atoms with E-state index in [0.717, 1.165) is 55.7 Å². The molecule has 24 heavy (non-hydrogen) atoms. The predicted octanol–water partition coefficient (Wildman–Crippen LogP) is 2.74. The van der Waals surface area contributed by atoms with E-state index in [1.165, 1.54) is 11.5 Å². The van der Waals surface area contributed by atoms with Crippen molar-refractivity contribution in [3.05, 3.63) is 29.3 Å². The number of ether oxygens (including phenoxy) is 1. The third-order valence-electron chi connectivity index (χ3n) is 4.47. The highest BCUT2D eigenvalue weighted by molar-refractivity contribution is 7.09. The van der Waals surface area contributed by atoms with Crippen LogP contribution in [0, 0.1) is 16.7 Å². The van der Waals surface area contributed by atoms with Crippen molar-refractivity contribution in [2.75, 3.05) is 24.7 Å². The molecule has 6 nitrogen and oxygen atoms in total. The topological polar surface area (TPSA) is 67.0 Å². The summed E-state index contributed by atoms with van der Waals surface area (Å²) in [6, 6.07) is 4.17. The number of aryl methyl sites for hydroxylation is 2. The molecule has 3 rings (SSSR count). The first kappa shape index (κ1) is 16.9. The Morgan fingerprint density at radius 3 is 2.96 bits per heavy atom. The highest BCUT2D eigenvalue weighted by Gasteiger charge is 2.33. The van der Waals surface area contributed by atoms with E-state index in [1.54, 1.807) is 0 Å². The van der Waals surface area contributed by atoms with Gasteiger partial charge in [-0.3, -0.25) is 0 Å². The van der Waals surface area contributed by atoms with Crippen LogP contribution in [-0.4, -0.2) is 33.7 Å². The number of nitrogens with zero attached hydrogens (tertiary/aromatic N) is 5. The summed E-state index contributed by atoms with van der Waals surface area (Å²) in [5.74, 6) is 0.888. The lowest BCUT2D eigenvalue weighted by atomic mass is 9.89. The van der Waals surface area contributed by atoms with Crippen LogP contribution in [0.3, 0.4) is 0 Å². The highest BCUT2D eigenvalue weighted by Crippen LogP contribution is 2.32. The number of rotatable bonds is 6. The Bertz CT molecular complexity index is 738. The van der Waals surface area contributed by atoms with Gasteiger partial charge in [-0.05, 0) is 18.1 Å². The van der Waals surface area contributed by atoms with Gasteiger partial charge in [-0.25, -0.2) is 4.98 Å². The maximum Gasteiger partial charge on any atom is 0.205 e. The van der Waals surface area contributed by atoms with Crippen molar-refractivity contribution in [2.45, 2.75) is 33.2 Å². The van der Waals surface area contributed by atoms with Gasteiger partial charge in [0.1, 0.15) is 17.6 Å². The zero-order valence-corrected chi connectivity index (χ0v) is 15.3. The molecule has 1 fully saturated rings. The average Bonchev–Trinajstić information content (AvgIpc) is 3.27. The molecule has 1 atom stereocenters. The number of nitriles is 1. The molecule has 0 bridgehead atoms. The van der Waals surface area contributed by atoms with Gasteiger partial charge in [-0.1, -0.05) is 13.8 Å². The standard InChI is InChI=1S/C17H23N5OS/c1-4-15-19-16(24-20-15)22(11-17(2)5-6-23-12-17)10-13-7-14(8-18)21(3)9-13/h7,9H,4-6,10-12H2,1-3H3. The minimum Gasteiger partial charge on any atom is -0.381 e. The summed E-state index contributed by atoms with van der Waals surface area (Å²) in [7, 11) is 1.90. The highest BCUT2D eigenvalue weighted by atomic mass is 32.1. The second-order valence-electron chi connectivity index (χ2n) is 6.77. The molecule has 0 aromatic carbocycles. The van der Waals surface area contributed by atoms with Crippen molar-refractivity contribution in [3.63, 3.8) is 0 Å². The molecule has 0 amide bonds. The van der Waals surface area contributed by atoms with Crippen LogP contribution < -0.4 is 4.90 Å². The largest absolute Gasteiger partial charge is 0.381 e. The van der Waals surface area contributed by atoms with Crippen LogP contribution in [0.5, 0.6) is 0 Å². The molecule has 1 aliphatic heterocycles. The number of aromatic nitrogens is 3. The van der Waals surface area contributed by atoms with Gasteiger partial charge >= 0.3 is 0 Å². The van der Waals surface area contributed by atoms with Gasteiger partial charge in [0, 0.05) is 56.3 Å². The fraction of sp³-hybridized carbons (Fsp3) is 0.588. The first-order valence-electron chi connectivity index (χ1n) is 8.23. The van der Waals surface area contributed by atoms with Crippen molar-refractivity contribution in [1.82, 2.24) is 13.9 Å². The number of hydrogen-bond donors (Lipinski definition) is 0. The van der Waals surface area contributed by atoms with E-state index in [4.69, 9.17) is 10.00 Å². The van der Waals surface area contributed by atoms with Gasteiger partial charge in [0.05, 0.1) is 6.61 Å². The molecule has 1 saturated heterocycles. The van der Waals surface area contributed by atoms with E-state index < -0.39 is 0 Å². The van der Waals surface area contributed by atoms with Crippen molar-refractivity contribution in [3.8, 4) is 6.07 Å². The molecular weight excluding hydrogens is 322 g/mol. The van der Waals surface area contributed by atoms with Gasteiger partial charge in [-0.15, -0.1) is 0 Å². The normalized spacial score (nSPS) is 20.2. The van der Waals surface area contributed by atoms with Crippen LogP contribution in [0.4, 0.5) is 5.13 Å². The molecular formula is C17H23N5OS. The Balaban J connectivity index is 1.84. The Morgan fingerprint density at radius 2 is 2.38 bits per heavy atom. The van der Waals surface area contributed by atoms with Gasteiger partial charge < -0.3 is 14.2 Å². The van der Waals surface area contributed by atoms with Gasteiger partial charge in [0.15, 0.2) is 0 Å². The van der Waals surface area contributed by atoms with Crippen molar-refractivity contribution in [2.24, 2.45) is 12.5 Å². The summed E-state index contributed by atoms with van der Waals surface area (Å²) >= 11 is 1.45. The lowest BCUT2D eigenvalue weighted by Gasteiger charge is -2.30. The molecule has 0 radical (unpaired) electrons. The lowest BCUT2D eigenvalue weighted by molar-refractivity contribution is 0.161. The SMILES string of the molecule is CCc1nsc(N(Cc2cc(C#N)n(C)c2)CC2(C)CCOC2)n1. The molecule has 2 aromatic rings. The second kappa shape index (κ2) is 6.91. The summed E-state index contributed by atoms with van der Waals surface area (Å²) in [6.45, 7) is 7.54. The maximum absolute atomic E-state index is 9.17. The monoisotopic (exact) mass is 345 g/mol. The minimum absolute atomic E-state index is 0.130. The Hall–Kier alpha value is -1.91. The van der Waals surface area contributed by atoms with Crippen molar-refractivity contribution >= 4 is 16.7 Å². The van der Waals surface area contributed by atoms with Crippen LogP contribution in [-0.2, 0) is 24.8 Å². The Morgan fingerprint density at radius 1 is 1.54 bits per heavy atom. The third-order valence-corrected chi connectivity index (χ3v) is 5.28. The number of anilines is 1. The molecule has 1 unspecified atom stereocenters. The number of hydrogen-bond acceptors (Lipinski definition) is 6. The first-order chi connectivity index (χ1) is 11.5. The van der Waals surface area contributed by atoms with Crippen molar-refractivity contribution in [1.29, 1.82) is 5.26 Å². The van der Waals surface area contributed by atoms with Crippen molar-refractivity contribution < 1.29 is 4.74 Å². The van der Waals surface area contributed by atoms with Crippen LogP contribution in [0.1, 0.15) is 37.4 Å². The van der Waals surface area contributed by atoms with Crippen LogP contribution in [0.2, 0.25) is 0 Å². The Kier molecular flexibility index (Phi) is 4.88. The van der Waals surface area contributed by atoms with E-state index >= 15 is 0 Å². The zero-order chi connectivity index (χ0) is 17.2. The lowest BCUT2D eigenvalue weighted by Crippen LogP contribution is -2.36. The summed E-state index contributed by atoms with van der Waals surface area (Å²) in [6.07, 6.45) is 3.91. The molecule has 0 spiro atoms. The third kappa shape index (κ3) is 3.60. The van der Waals surface area contributed by atoms with Gasteiger partial charge in [-0.2, -0.15) is 9.64 Å². The molecule has 0 saturated carbocycles. The summed E-state index contributed by atoms with van der Waals surface area (Å²) in [5.41, 5.74) is 1.92. The van der Waals surface area contributed by atoms with E-state index in [0.29, 0.717) is 5.69 Å². The fourth-order valence-electron chi connectivity index (χ4n) is 3.05. The van der Waals surface area contributed by atoms with Gasteiger partial charge in [0.25, 0.3) is 0 Å². The van der Waals surface area contributed by atoms with E-state index in [9.17, 15) is 0 Å². The smallest absolute Gasteiger partial charge is 0.205 e. The average molecular weight is 345 g/mol. The molecule has 2 aromatic heterocycles. The maximum atomic E-state index is 9.17. The minimum atomic E-state index is 0.130. The molecule has 3 heterocycles. The molecule has 0 N–H and O–H groups in total. The van der Waals surface area contributed by atoms with E-state index in [2.05, 4.69) is 34.2 Å². The van der Waals surface area contributed by atoms with E-state index in [-0.39, 0.29) is 5.41 Å². The van der Waals surface area contributed by atoms with E-state index in [1.807, 2.05) is 23.9 Å². The Labute approximate surface area is 146 Å².